The van der Waals surface area contributed by atoms with E-state index in [9.17, 15) is 0 Å². The van der Waals surface area contributed by atoms with Crippen LogP contribution in [0.5, 0.6) is 5.75 Å². The molecule has 0 spiro atoms. The summed E-state index contributed by atoms with van der Waals surface area (Å²) in [7, 11) is 0. The molecule has 7 heteroatoms. The zero-order valence-electron chi connectivity index (χ0n) is 10.5. The molecular weight excluding hydrogens is 322 g/mol. The first-order valence-electron chi connectivity index (χ1n) is 6.09. The molecule has 0 atom stereocenters. The number of imidazole rings is 1. The molecule has 2 aromatic heterocycles. The average Bonchev–Trinajstić information content (AvgIpc) is 2.94. The summed E-state index contributed by atoms with van der Waals surface area (Å²) in [5, 5.41) is 3.20. The summed E-state index contributed by atoms with van der Waals surface area (Å²) >= 11 is 3.39. The number of halogens is 1. The van der Waals surface area contributed by atoms with E-state index in [1.807, 2.05) is 24.3 Å². The fraction of sp³-hybridized carbons (Fsp3) is 0.154. The molecule has 1 aromatic carbocycles. The Balaban J connectivity index is 1.55. The Morgan fingerprint density at radius 3 is 2.85 bits per heavy atom. The number of anilines is 1. The van der Waals surface area contributed by atoms with Gasteiger partial charge in [-0.25, -0.2) is 15.0 Å². The standard InChI is InChI=1S/C13H12BrN5O/c14-9-1-3-10(4-2-9)20-6-5-15-12-11-13(17-7-16-11)19-8-18-12/h1-4,7-8H,5-6H2,(H2,15,16,17,18,19). The normalized spacial score (nSPS) is 10.7. The summed E-state index contributed by atoms with van der Waals surface area (Å²) in [6.07, 6.45) is 3.09. The minimum atomic E-state index is 0.543. The predicted molar refractivity (Wildman–Crippen MR) is 79.8 cm³/mol. The summed E-state index contributed by atoms with van der Waals surface area (Å²) in [4.78, 5) is 15.3. The first-order chi connectivity index (χ1) is 9.83. The highest BCUT2D eigenvalue weighted by Crippen LogP contribution is 2.16. The Hall–Kier alpha value is -2.15. The number of nitrogens with zero attached hydrogens (tertiary/aromatic N) is 3. The largest absolute Gasteiger partial charge is 0.492 e. The number of fused-ring (bicyclic) bond motifs is 1. The van der Waals surface area contributed by atoms with Crippen molar-refractivity contribution in [3.05, 3.63) is 41.4 Å². The minimum Gasteiger partial charge on any atom is -0.492 e. The number of ether oxygens (including phenoxy) is 1. The van der Waals surface area contributed by atoms with Crippen LogP contribution in [0, 0.1) is 0 Å². The number of H-pyrrole nitrogens is 1. The first kappa shape index (κ1) is 12.9. The second-order valence-electron chi connectivity index (χ2n) is 4.05. The molecule has 0 aliphatic rings. The molecule has 6 nitrogen and oxygen atoms in total. The number of benzene rings is 1. The van der Waals surface area contributed by atoms with E-state index in [0.29, 0.717) is 18.8 Å². The van der Waals surface area contributed by atoms with Crippen molar-refractivity contribution in [2.45, 2.75) is 0 Å². The number of hydrogen-bond acceptors (Lipinski definition) is 5. The molecule has 0 fully saturated rings. The Bertz CT molecular complexity index is 697. The monoisotopic (exact) mass is 333 g/mol. The van der Waals surface area contributed by atoms with Gasteiger partial charge >= 0.3 is 0 Å². The van der Waals surface area contributed by atoms with Gasteiger partial charge < -0.3 is 15.0 Å². The van der Waals surface area contributed by atoms with Crippen molar-refractivity contribution in [2.75, 3.05) is 18.5 Å². The molecule has 0 radical (unpaired) electrons. The lowest BCUT2D eigenvalue weighted by Gasteiger charge is -2.08. The highest BCUT2D eigenvalue weighted by Gasteiger charge is 2.04. The third-order valence-electron chi connectivity index (χ3n) is 2.70. The zero-order valence-corrected chi connectivity index (χ0v) is 12.1. The summed E-state index contributed by atoms with van der Waals surface area (Å²) in [6.45, 7) is 1.18. The first-order valence-corrected chi connectivity index (χ1v) is 6.88. The maximum Gasteiger partial charge on any atom is 0.182 e. The summed E-state index contributed by atoms with van der Waals surface area (Å²) < 4.78 is 6.66. The van der Waals surface area contributed by atoms with Crippen LogP contribution in [0.25, 0.3) is 11.2 Å². The fourth-order valence-corrected chi connectivity index (χ4v) is 2.03. The van der Waals surface area contributed by atoms with Crippen molar-refractivity contribution in [1.29, 1.82) is 0 Å². The lowest BCUT2D eigenvalue weighted by atomic mass is 10.3. The summed E-state index contributed by atoms with van der Waals surface area (Å²) in [5.74, 6) is 1.57. The fourth-order valence-electron chi connectivity index (χ4n) is 1.77. The number of aromatic amines is 1. The van der Waals surface area contributed by atoms with Crippen LogP contribution in [0.15, 0.2) is 41.4 Å². The van der Waals surface area contributed by atoms with Crippen molar-refractivity contribution in [3.8, 4) is 5.75 Å². The summed E-state index contributed by atoms with van der Waals surface area (Å²) in [6, 6.07) is 7.73. The Morgan fingerprint density at radius 2 is 2.00 bits per heavy atom. The van der Waals surface area contributed by atoms with E-state index in [1.54, 1.807) is 6.33 Å². The van der Waals surface area contributed by atoms with Crippen LogP contribution < -0.4 is 10.1 Å². The number of hydrogen-bond donors (Lipinski definition) is 2. The van der Waals surface area contributed by atoms with Crippen molar-refractivity contribution in [1.82, 2.24) is 19.9 Å². The van der Waals surface area contributed by atoms with Crippen molar-refractivity contribution in [2.24, 2.45) is 0 Å². The van der Waals surface area contributed by atoms with E-state index in [-0.39, 0.29) is 0 Å². The molecule has 102 valence electrons. The van der Waals surface area contributed by atoms with Gasteiger partial charge in [0, 0.05) is 4.47 Å². The molecule has 3 aromatic rings. The number of aromatic nitrogens is 4. The van der Waals surface area contributed by atoms with Gasteiger partial charge in [-0.05, 0) is 24.3 Å². The molecule has 0 saturated heterocycles. The van der Waals surface area contributed by atoms with Gasteiger partial charge in [0.05, 0.1) is 12.9 Å². The van der Waals surface area contributed by atoms with Gasteiger partial charge in [-0.1, -0.05) is 15.9 Å². The third-order valence-corrected chi connectivity index (χ3v) is 3.23. The van der Waals surface area contributed by atoms with E-state index in [4.69, 9.17) is 4.74 Å². The molecule has 0 aliphatic carbocycles. The molecule has 2 heterocycles. The van der Waals surface area contributed by atoms with Crippen LogP contribution >= 0.6 is 15.9 Å². The van der Waals surface area contributed by atoms with E-state index in [2.05, 4.69) is 41.2 Å². The molecular formula is C13H12BrN5O. The van der Waals surface area contributed by atoms with Gasteiger partial charge in [-0.15, -0.1) is 0 Å². The van der Waals surface area contributed by atoms with Gasteiger partial charge in [0.15, 0.2) is 11.5 Å². The van der Waals surface area contributed by atoms with Crippen molar-refractivity contribution in [3.63, 3.8) is 0 Å². The highest BCUT2D eigenvalue weighted by molar-refractivity contribution is 9.10. The van der Waals surface area contributed by atoms with Gasteiger partial charge in [-0.2, -0.15) is 0 Å². The number of nitrogens with one attached hydrogen (secondary N) is 2. The lowest BCUT2D eigenvalue weighted by Crippen LogP contribution is -2.12. The average molecular weight is 334 g/mol. The molecule has 20 heavy (non-hydrogen) atoms. The minimum absolute atomic E-state index is 0.543. The molecule has 0 bridgehead atoms. The Morgan fingerprint density at radius 1 is 1.15 bits per heavy atom. The topological polar surface area (TPSA) is 75.7 Å². The van der Waals surface area contributed by atoms with Gasteiger partial charge in [0.25, 0.3) is 0 Å². The molecule has 3 rings (SSSR count). The third kappa shape index (κ3) is 2.88. The number of rotatable bonds is 5. The van der Waals surface area contributed by atoms with Crippen molar-refractivity contribution >= 4 is 32.9 Å². The van der Waals surface area contributed by atoms with Crippen LogP contribution in [-0.2, 0) is 0 Å². The smallest absolute Gasteiger partial charge is 0.182 e. The molecule has 0 aliphatic heterocycles. The quantitative estimate of drug-likeness (QED) is 0.702. The molecule has 0 saturated carbocycles. The van der Waals surface area contributed by atoms with E-state index in [1.165, 1.54) is 6.33 Å². The summed E-state index contributed by atoms with van der Waals surface area (Å²) in [5.41, 5.74) is 1.45. The Kier molecular flexibility index (Phi) is 3.78. The van der Waals surface area contributed by atoms with Gasteiger partial charge in [0.1, 0.15) is 24.2 Å². The van der Waals surface area contributed by atoms with E-state index >= 15 is 0 Å². The van der Waals surface area contributed by atoms with Crippen molar-refractivity contribution < 1.29 is 4.74 Å². The maximum absolute atomic E-state index is 5.62. The molecule has 0 unspecified atom stereocenters. The maximum atomic E-state index is 5.62. The van der Waals surface area contributed by atoms with Crippen LogP contribution in [0.1, 0.15) is 0 Å². The van der Waals surface area contributed by atoms with E-state index in [0.717, 1.165) is 21.6 Å². The SMILES string of the molecule is Brc1ccc(OCCNc2ncnc3nc[nH]c23)cc1. The van der Waals surface area contributed by atoms with E-state index < -0.39 is 0 Å². The second kappa shape index (κ2) is 5.87. The van der Waals surface area contributed by atoms with Gasteiger partial charge in [0.2, 0.25) is 0 Å². The van der Waals surface area contributed by atoms with Crippen LogP contribution in [0.2, 0.25) is 0 Å². The second-order valence-corrected chi connectivity index (χ2v) is 4.97. The zero-order chi connectivity index (χ0) is 13.8. The highest BCUT2D eigenvalue weighted by atomic mass is 79.9. The lowest BCUT2D eigenvalue weighted by molar-refractivity contribution is 0.332. The Labute approximate surface area is 123 Å². The molecule has 2 N–H and O–H groups in total. The van der Waals surface area contributed by atoms with Crippen LogP contribution in [-0.4, -0.2) is 33.1 Å². The van der Waals surface area contributed by atoms with Gasteiger partial charge in [-0.3, -0.25) is 0 Å². The van der Waals surface area contributed by atoms with Crippen LogP contribution in [0.3, 0.4) is 0 Å². The predicted octanol–water partition coefficient (Wildman–Crippen LogP) is 2.61. The van der Waals surface area contributed by atoms with Crippen LogP contribution in [0.4, 0.5) is 5.82 Å². The molecule has 0 amide bonds.